The normalized spacial score (nSPS) is 19.3. The maximum atomic E-state index is 4.79. The Bertz CT molecular complexity index is 573. The van der Waals surface area contributed by atoms with Crippen LogP contribution in [0.2, 0.25) is 0 Å². The third-order valence-electron chi connectivity index (χ3n) is 3.88. The zero-order valence-electron chi connectivity index (χ0n) is 12.4. The molecule has 1 fully saturated rings. The Hall–Kier alpha value is -1.55. The topological polar surface area (TPSA) is 29.0 Å². The molecule has 2 aromatic rings. The molecular weight excluding hydrogens is 278 g/mol. The number of thioether (sulfide) groups is 1. The molecule has 110 valence electrons. The Labute approximate surface area is 130 Å². The summed E-state index contributed by atoms with van der Waals surface area (Å²) in [5, 5.41) is 0. The van der Waals surface area contributed by atoms with Crippen molar-refractivity contribution >= 4 is 17.6 Å². The molecule has 1 aliphatic heterocycles. The summed E-state index contributed by atoms with van der Waals surface area (Å²) >= 11 is 2.04. The van der Waals surface area contributed by atoms with Crippen LogP contribution in [0.3, 0.4) is 0 Å². The van der Waals surface area contributed by atoms with Crippen LogP contribution in [0.1, 0.15) is 24.7 Å². The van der Waals surface area contributed by atoms with Gasteiger partial charge in [-0.05, 0) is 30.7 Å². The third-order valence-corrected chi connectivity index (χ3v) is 4.87. The van der Waals surface area contributed by atoms with Crippen molar-refractivity contribution in [1.82, 2.24) is 9.97 Å². The van der Waals surface area contributed by atoms with E-state index >= 15 is 0 Å². The van der Waals surface area contributed by atoms with Crippen molar-refractivity contribution in [3.63, 3.8) is 0 Å². The molecule has 3 nitrogen and oxygen atoms in total. The fraction of sp³-hybridized carbons (Fsp3) is 0.412. The Morgan fingerprint density at radius 2 is 2.05 bits per heavy atom. The fourth-order valence-corrected chi connectivity index (χ4v) is 3.69. The van der Waals surface area contributed by atoms with Crippen molar-refractivity contribution in [2.75, 3.05) is 23.0 Å². The first-order valence-electron chi connectivity index (χ1n) is 7.53. The number of hydrogen-bond donors (Lipinski definition) is 0. The van der Waals surface area contributed by atoms with Gasteiger partial charge in [0.05, 0.1) is 0 Å². The van der Waals surface area contributed by atoms with E-state index in [2.05, 4.69) is 41.1 Å². The van der Waals surface area contributed by atoms with Crippen molar-refractivity contribution in [3.05, 3.63) is 54.0 Å². The Morgan fingerprint density at radius 3 is 2.90 bits per heavy atom. The summed E-state index contributed by atoms with van der Waals surface area (Å²) in [6.45, 7) is 3.37. The van der Waals surface area contributed by atoms with Gasteiger partial charge in [0.2, 0.25) is 0 Å². The van der Waals surface area contributed by atoms with Crippen LogP contribution in [0.15, 0.2) is 42.6 Å². The monoisotopic (exact) mass is 299 g/mol. The fourth-order valence-electron chi connectivity index (χ4n) is 2.65. The van der Waals surface area contributed by atoms with Gasteiger partial charge < -0.3 is 4.90 Å². The molecule has 1 unspecified atom stereocenters. The number of nitrogens with zero attached hydrogens (tertiary/aromatic N) is 3. The maximum absolute atomic E-state index is 4.79. The summed E-state index contributed by atoms with van der Waals surface area (Å²) in [6.07, 6.45) is 3.92. The lowest BCUT2D eigenvalue weighted by atomic mass is 10.1. The molecule has 0 radical (unpaired) electrons. The van der Waals surface area contributed by atoms with Crippen molar-refractivity contribution in [2.45, 2.75) is 25.8 Å². The molecule has 0 aliphatic carbocycles. The average Bonchev–Trinajstić information content (AvgIpc) is 2.73. The third kappa shape index (κ3) is 3.76. The molecule has 0 spiro atoms. The van der Waals surface area contributed by atoms with Gasteiger partial charge in [-0.25, -0.2) is 9.97 Å². The number of rotatable bonds is 3. The standard InChI is InChI=1S/C17H21N3S/c1-14-8-11-21-12-10-20(14)17-7-9-18-16(19-17)13-15-5-3-2-4-6-15/h2-7,9,14H,8,10-13H2,1H3. The molecule has 1 aliphatic rings. The number of aromatic nitrogens is 2. The second-order valence-corrected chi connectivity index (χ2v) is 6.66. The van der Waals surface area contributed by atoms with Crippen LogP contribution in [-0.2, 0) is 6.42 Å². The van der Waals surface area contributed by atoms with Gasteiger partial charge in [0.25, 0.3) is 0 Å². The molecule has 0 saturated carbocycles. The maximum Gasteiger partial charge on any atom is 0.135 e. The van der Waals surface area contributed by atoms with Crippen LogP contribution in [-0.4, -0.2) is 34.1 Å². The van der Waals surface area contributed by atoms with Crippen LogP contribution in [0.5, 0.6) is 0 Å². The molecule has 1 saturated heterocycles. The van der Waals surface area contributed by atoms with E-state index in [0.29, 0.717) is 6.04 Å². The molecule has 0 bridgehead atoms. The summed E-state index contributed by atoms with van der Waals surface area (Å²) in [7, 11) is 0. The molecular formula is C17H21N3S. The number of anilines is 1. The molecule has 0 amide bonds. The molecule has 1 aromatic carbocycles. The van der Waals surface area contributed by atoms with Crippen LogP contribution < -0.4 is 4.90 Å². The van der Waals surface area contributed by atoms with E-state index in [4.69, 9.17) is 4.98 Å². The van der Waals surface area contributed by atoms with Crippen LogP contribution in [0.4, 0.5) is 5.82 Å². The minimum Gasteiger partial charge on any atom is -0.353 e. The molecule has 4 heteroatoms. The van der Waals surface area contributed by atoms with Gasteiger partial charge >= 0.3 is 0 Å². The lowest BCUT2D eigenvalue weighted by Gasteiger charge is -2.28. The number of benzene rings is 1. The first kappa shape index (κ1) is 14.4. The Kier molecular flexibility index (Phi) is 4.76. The summed E-state index contributed by atoms with van der Waals surface area (Å²) in [4.78, 5) is 11.7. The smallest absolute Gasteiger partial charge is 0.135 e. The van der Waals surface area contributed by atoms with E-state index in [1.807, 2.05) is 30.1 Å². The van der Waals surface area contributed by atoms with E-state index in [0.717, 1.165) is 24.6 Å². The van der Waals surface area contributed by atoms with Gasteiger partial charge in [0.15, 0.2) is 0 Å². The van der Waals surface area contributed by atoms with Crippen molar-refractivity contribution < 1.29 is 0 Å². The van der Waals surface area contributed by atoms with E-state index in [1.165, 1.54) is 23.5 Å². The zero-order valence-corrected chi connectivity index (χ0v) is 13.2. The predicted molar refractivity (Wildman–Crippen MR) is 90.0 cm³/mol. The van der Waals surface area contributed by atoms with Crippen LogP contribution >= 0.6 is 11.8 Å². The highest BCUT2D eigenvalue weighted by Gasteiger charge is 2.18. The minimum atomic E-state index is 0.555. The van der Waals surface area contributed by atoms with Crippen LogP contribution in [0, 0.1) is 0 Å². The highest BCUT2D eigenvalue weighted by Crippen LogP contribution is 2.22. The first-order chi connectivity index (χ1) is 10.3. The Balaban J connectivity index is 1.79. The second-order valence-electron chi connectivity index (χ2n) is 5.44. The number of hydrogen-bond acceptors (Lipinski definition) is 4. The minimum absolute atomic E-state index is 0.555. The van der Waals surface area contributed by atoms with Gasteiger partial charge in [0, 0.05) is 31.0 Å². The van der Waals surface area contributed by atoms with Gasteiger partial charge in [0.1, 0.15) is 11.6 Å². The summed E-state index contributed by atoms with van der Waals surface area (Å²) in [6, 6.07) is 13.0. The lowest BCUT2D eigenvalue weighted by Crippen LogP contribution is -2.34. The van der Waals surface area contributed by atoms with Gasteiger partial charge in [-0.2, -0.15) is 11.8 Å². The van der Waals surface area contributed by atoms with E-state index < -0.39 is 0 Å². The van der Waals surface area contributed by atoms with Gasteiger partial charge in [-0.3, -0.25) is 0 Å². The predicted octanol–water partition coefficient (Wildman–Crippen LogP) is 3.40. The quantitative estimate of drug-likeness (QED) is 0.868. The van der Waals surface area contributed by atoms with E-state index in [1.54, 1.807) is 0 Å². The molecule has 2 heterocycles. The van der Waals surface area contributed by atoms with Crippen molar-refractivity contribution in [3.8, 4) is 0 Å². The first-order valence-corrected chi connectivity index (χ1v) is 8.68. The molecule has 1 atom stereocenters. The van der Waals surface area contributed by atoms with Crippen LogP contribution in [0.25, 0.3) is 0 Å². The largest absolute Gasteiger partial charge is 0.353 e. The van der Waals surface area contributed by atoms with E-state index in [9.17, 15) is 0 Å². The average molecular weight is 299 g/mol. The van der Waals surface area contributed by atoms with Gasteiger partial charge in [-0.1, -0.05) is 30.3 Å². The molecule has 21 heavy (non-hydrogen) atoms. The SMILES string of the molecule is CC1CCSCCN1c1ccnc(Cc2ccccc2)n1. The molecule has 0 N–H and O–H groups in total. The van der Waals surface area contributed by atoms with Crippen molar-refractivity contribution in [1.29, 1.82) is 0 Å². The summed E-state index contributed by atoms with van der Waals surface area (Å²) in [5.74, 6) is 4.41. The highest BCUT2D eigenvalue weighted by atomic mass is 32.2. The Morgan fingerprint density at radius 1 is 1.19 bits per heavy atom. The van der Waals surface area contributed by atoms with E-state index in [-0.39, 0.29) is 0 Å². The summed E-state index contributed by atoms with van der Waals surface area (Å²) < 4.78 is 0. The second kappa shape index (κ2) is 6.94. The van der Waals surface area contributed by atoms with Gasteiger partial charge in [-0.15, -0.1) is 0 Å². The molecule has 3 rings (SSSR count). The van der Waals surface area contributed by atoms with Crippen molar-refractivity contribution in [2.24, 2.45) is 0 Å². The zero-order chi connectivity index (χ0) is 14.5. The summed E-state index contributed by atoms with van der Waals surface area (Å²) in [5.41, 5.74) is 1.26. The highest BCUT2D eigenvalue weighted by molar-refractivity contribution is 7.99. The molecule has 1 aromatic heterocycles. The lowest BCUT2D eigenvalue weighted by molar-refractivity contribution is 0.636.